The summed E-state index contributed by atoms with van der Waals surface area (Å²) in [6.45, 7) is 1.39. The fraction of sp³-hybridized carbons (Fsp3) is 0.714. The highest BCUT2D eigenvalue weighted by atomic mass is 19.4. The van der Waals surface area contributed by atoms with E-state index in [1.54, 1.807) is 5.32 Å². The number of urea groups is 1. The molecule has 5 N–H and O–H groups in total. The van der Waals surface area contributed by atoms with Crippen molar-refractivity contribution < 1.29 is 18.0 Å². The normalized spacial score (nSPS) is 12.1. The van der Waals surface area contributed by atoms with E-state index in [1.807, 2.05) is 0 Å². The molecule has 0 rings (SSSR count). The Kier molecular flexibility index (Phi) is 3.94. The van der Waals surface area contributed by atoms with Crippen molar-refractivity contribution in [2.45, 2.75) is 25.6 Å². The third-order valence-corrected chi connectivity index (χ3v) is 1.55. The average Bonchev–Trinajstić information content (AvgIpc) is 1.98. The second kappa shape index (κ2) is 4.37. The number of alkyl halides is 3. The number of nitrogens with two attached hydrogens (primary N) is 1. The Bertz CT molecular complexity index is 261. The lowest BCUT2D eigenvalue weighted by atomic mass is 10.1. The summed E-state index contributed by atoms with van der Waals surface area (Å²) < 4.78 is 35.1. The van der Waals surface area contributed by atoms with Crippen molar-refractivity contribution in [3.05, 3.63) is 0 Å². The molecule has 0 atom stereocenters. The zero-order valence-corrected chi connectivity index (χ0v) is 8.33. The van der Waals surface area contributed by atoms with Gasteiger partial charge in [-0.1, -0.05) is 0 Å². The van der Waals surface area contributed by atoms with Crippen LogP contribution in [-0.4, -0.2) is 30.1 Å². The van der Waals surface area contributed by atoms with E-state index in [4.69, 9.17) is 11.1 Å². The first-order valence-corrected chi connectivity index (χ1v) is 4.02. The van der Waals surface area contributed by atoms with Crippen LogP contribution in [0.1, 0.15) is 13.8 Å². The Morgan fingerprint density at radius 1 is 1.40 bits per heavy atom. The molecule has 0 aromatic heterocycles. The van der Waals surface area contributed by atoms with Crippen molar-refractivity contribution in [1.82, 2.24) is 10.6 Å². The Hall–Kier alpha value is -1.47. The topological polar surface area (TPSA) is 91.0 Å². The number of hydrogen-bond acceptors (Lipinski definition) is 2. The van der Waals surface area contributed by atoms with Gasteiger partial charge in [-0.05, 0) is 13.8 Å². The van der Waals surface area contributed by atoms with Crippen molar-refractivity contribution in [3.63, 3.8) is 0 Å². The predicted molar refractivity (Wildman–Crippen MR) is 48.6 cm³/mol. The Balaban J connectivity index is 4.11. The monoisotopic (exact) mass is 226 g/mol. The van der Waals surface area contributed by atoms with E-state index in [0.717, 1.165) is 0 Å². The molecule has 0 radical (unpaired) electrons. The van der Waals surface area contributed by atoms with Crippen LogP contribution in [0.25, 0.3) is 0 Å². The molecule has 5 nitrogen and oxygen atoms in total. The van der Waals surface area contributed by atoms with Crippen LogP contribution >= 0.6 is 0 Å². The summed E-state index contributed by atoms with van der Waals surface area (Å²) in [4.78, 5) is 10.9. The number of halogens is 3. The zero-order valence-electron chi connectivity index (χ0n) is 8.33. The van der Waals surface area contributed by atoms with Gasteiger partial charge in [0, 0.05) is 0 Å². The minimum Gasteiger partial charge on any atom is -0.386 e. The van der Waals surface area contributed by atoms with Crippen molar-refractivity contribution in [3.8, 4) is 0 Å². The van der Waals surface area contributed by atoms with Gasteiger partial charge in [0.05, 0.1) is 5.54 Å². The molecule has 0 aromatic rings. The molecule has 0 fully saturated rings. The van der Waals surface area contributed by atoms with Gasteiger partial charge in [-0.2, -0.15) is 13.2 Å². The average molecular weight is 226 g/mol. The van der Waals surface area contributed by atoms with Crippen molar-refractivity contribution in [1.29, 1.82) is 5.41 Å². The highest BCUT2D eigenvalue weighted by Gasteiger charge is 2.29. The first-order valence-electron chi connectivity index (χ1n) is 4.02. The smallest absolute Gasteiger partial charge is 0.386 e. The minimum absolute atomic E-state index is 0.343. The van der Waals surface area contributed by atoms with E-state index in [1.165, 1.54) is 13.8 Å². The van der Waals surface area contributed by atoms with Crippen LogP contribution < -0.4 is 16.4 Å². The van der Waals surface area contributed by atoms with Gasteiger partial charge in [0.15, 0.2) is 0 Å². The Labute approximate surface area is 84.7 Å². The maximum Gasteiger partial charge on any atom is 0.405 e. The van der Waals surface area contributed by atoms with Crippen LogP contribution in [0, 0.1) is 5.41 Å². The largest absolute Gasteiger partial charge is 0.405 e. The van der Waals surface area contributed by atoms with Gasteiger partial charge in [0.25, 0.3) is 0 Å². The third-order valence-electron chi connectivity index (χ3n) is 1.55. The molecule has 88 valence electrons. The number of hydrogen-bond donors (Lipinski definition) is 4. The number of carbonyl (C=O) groups excluding carboxylic acids is 1. The Morgan fingerprint density at radius 3 is 2.20 bits per heavy atom. The van der Waals surface area contributed by atoms with Gasteiger partial charge in [-0.3, -0.25) is 5.41 Å². The molecule has 0 heterocycles. The lowest BCUT2D eigenvalue weighted by Gasteiger charge is -2.24. The SMILES string of the molecule is CC(C)(NC(=O)NCC(F)(F)F)C(=N)N. The van der Waals surface area contributed by atoms with E-state index in [0.29, 0.717) is 0 Å². The first kappa shape index (κ1) is 13.5. The summed E-state index contributed by atoms with van der Waals surface area (Å²) in [5.41, 5.74) is 3.95. The summed E-state index contributed by atoms with van der Waals surface area (Å²) in [6.07, 6.45) is -4.46. The van der Waals surface area contributed by atoms with Crippen LogP contribution in [0.2, 0.25) is 0 Å². The van der Waals surface area contributed by atoms with E-state index >= 15 is 0 Å². The van der Waals surface area contributed by atoms with Crippen LogP contribution in [0.3, 0.4) is 0 Å². The molecule has 0 aliphatic heterocycles. The fourth-order valence-corrected chi connectivity index (χ4v) is 0.576. The minimum atomic E-state index is -4.46. The van der Waals surface area contributed by atoms with Gasteiger partial charge < -0.3 is 16.4 Å². The second-order valence-corrected chi connectivity index (χ2v) is 3.46. The lowest BCUT2D eigenvalue weighted by molar-refractivity contribution is -0.122. The Morgan fingerprint density at radius 2 is 1.87 bits per heavy atom. The van der Waals surface area contributed by atoms with Gasteiger partial charge in [-0.15, -0.1) is 0 Å². The quantitative estimate of drug-likeness (QED) is 0.418. The third kappa shape index (κ3) is 5.76. The van der Waals surface area contributed by atoms with E-state index < -0.39 is 24.3 Å². The number of amides is 2. The summed E-state index contributed by atoms with van der Waals surface area (Å²) in [7, 11) is 0. The standard InChI is InChI=1S/C7H13F3N4O/c1-6(2,4(11)12)14-5(15)13-3-7(8,9)10/h3H2,1-2H3,(H3,11,12)(H2,13,14,15). The van der Waals surface area contributed by atoms with Crippen molar-refractivity contribution in [2.24, 2.45) is 5.73 Å². The molecular formula is C7H13F3N4O. The molecule has 0 saturated heterocycles. The number of amidine groups is 1. The number of carbonyl (C=O) groups is 1. The first-order chi connectivity index (χ1) is 6.54. The molecule has 0 aliphatic carbocycles. The lowest BCUT2D eigenvalue weighted by Crippen LogP contribution is -2.56. The van der Waals surface area contributed by atoms with Gasteiger partial charge in [-0.25, -0.2) is 4.79 Å². The molecule has 0 aromatic carbocycles. The highest BCUT2D eigenvalue weighted by Crippen LogP contribution is 2.12. The molecule has 8 heteroatoms. The van der Waals surface area contributed by atoms with Crippen LogP contribution in [-0.2, 0) is 0 Å². The van der Waals surface area contributed by atoms with Gasteiger partial charge in [0.1, 0.15) is 12.4 Å². The second-order valence-electron chi connectivity index (χ2n) is 3.46. The maximum atomic E-state index is 11.7. The zero-order chi connectivity index (χ0) is 12.3. The highest BCUT2D eigenvalue weighted by molar-refractivity contribution is 5.90. The number of nitrogens with one attached hydrogen (secondary N) is 3. The summed E-state index contributed by atoms with van der Waals surface area (Å²) in [5, 5.41) is 10.8. The van der Waals surface area contributed by atoms with E-state index in [9.17, 15) is 18.0 Å². The van der Waals surface area contributed by atoms with Gasteiger partial charge in [0.2, 0.25) is 0 Å². The molecule has 0 spiro atoms. The number of rotatable bonds is 3. The summed E-state index contributed by atoms with van der Waals surface area (Å²) in [5.74, 6) is -0.343. The molecule has 0 saturated carbocycles. The van der Waals surface area contributed by atoms with Crippen LogP contribution in [0.5, 0.6) is 0 Å². The van der Waals surface area contributed by atoms with Crippen molar-refractivity contribution >= 4 is 11.9 Å². The predicted octanol–water partition coefficient (Wildman–Crippen LogP) is 0.562. The molecule has 0 unspecified atom stereocenters. The molecule has 15 heavy (non-hydrogen) atoms. The van der Waals surface area contributed by atoms with E-state index in [-0.39, 0.29) is 5.84 Å². The summed E-state index contributed by atoms with van der Waals surface area (Å²) in [6, 6.07) is -1.02. The van der Waals surface area contributed by atoms with E-state index in [2.05, 4.69) is 5.32 Å². The molecular weight excluding hydrogens is 213 g/mol. The molecule has 0 bridgehead atoms. The molecule has 0 aliphatic rings. The van der Waals surface area contributed by atoms with Crippen molar-refractivity contribution in [2.75, 3.05) is 6.54 Å². The van der Waals surface area contributed by atoms with Crippen LogP contribution in [0.4, 0.5) is 18.0 Å². The fourth-order valence-electron chi connectivity index (χ4n) is 0.576. The molecule has 2 amide bonds. The summed E-state index contributed by atoms with van der Waals surface area (Å²) >= 11 is 0. The van der Waals surface area contributed by atoms with Gasteiger partial charge >= 0.3 is 12.2 Å². The maximum absolute atomic E-state index is 11.7. The van der Waals surface area contributed by atoms with Crippen LogP contribution in [0.15, 0.2) is 0 Å².